The van der Waals surface area contributed by atoms with Gasteiger partial charge in [0.1, 0.15) is 23.0 Å². The molecule has 1 atom stereocenters. The Hall–Kier alpha value is -3.47. The monoisotopic (exact) mass is 363 g/mol. The Morgan fingerprint density at radius 2 is 1.41 bits per heavy atom. The molecule has 27 heavy (non-hydrogen) atoms. The SMILES string of the molecule is COc1ccccc1NC(=O)C(C)Oc1ccc(Oc2ccccc2)cc1. The van der Waals surface area contributed by atoms with Crippen LogP contribution in [0.4, 0.5) is 5.69 Å². The fourth-order valence-corrected chi connectivity index (χ4v) is 2.45. The molecule has 0 saturated carbocycles. The number of carbonyl (C=O) groups is 1. The summed E-state index contributed by atoms with van der Waals surface area (Å²) in [6.07, 6.45) is -0.671. The Kier molecular flexibility index (Phi) is 5.94. The summed E-state index contributed by atoms with van der Waals surface area (Å²) >= 11 is 0. The van der Waals surface area contributed by atoms with E-state index in [9.17, 15) is 4.79 Å². The highest BCUT2D eigenvalue weighted by Crippen LogP contribution is 2.25. The molecule has 0 saturated heterocycles. The van der Waals surface area contributed by atoms with Crippen molar-refractivity contribution in [1.82, 2.24) is 0 Å². The maximum absolute atomic E-state index is 12.4. The zero-order chi connectivity index (χ0) is 19.1. The quantitative estimate of drug-likeness (QED) is 0.649. The van der Waals surface area contributed by atoms with E-state index in [1.165, 1.54) is 0 Å². The minimum absolute atomic E-state index is 0.260. The lowest BCUT2D eigenvalue weighted by Crippen LogP contribution is -2.30. The van der Waals surface area contributed by atoms with E-state index in [1.54, 1.807) is 50.4 Å². The third-order valence-corrected chi connectivity index (χ3v) is 3.85. The highest BCUT2D eigenvalue weighted by Gasteiger charge is 2.16. The molecule has 138 valence electrons. The molecule has 5 nitrogen and oxygen atoms in total. The second-order valence-corrected chi connectivity index (χ2v) is 5.84. The molecule has 0 aliphatic heterocycles. The normalized spacial score (nSPS) is 11.3. The smallest absolute Gasteiger partial charge is 0.265 e. The summed E-state index contributed by atoms with van der Waals surface area (Å²) in [5.41, 5.74) is 0.604. The summed E-state index contributed by atoms with van der Waals surface area (Å²) in [6, 6.07) is 23.9. The lowest BCUT2D eigenvalue weighted by Gasteiger charge is -2.16. The summed E-state index contributed by atoms with van der Waals surface area (Å²) < 4.78 is 16.7. The van der Waals surface area contributed by atoms with E-state index < -0.39 is 6.10 Å². The molecule has 0 aromatic heterocycles. The van der Waals surface area contributed by atoms with Crippen LogP contribution in [-0.4, -0.2) is 19.1 Å². The van der Waals surface area contributed by atoms with Crippen LogP contribution in [0.1, 0.15) is 6.92 Å². The average molecular weight is 363 g/mol. The fraction of sp³-hybridized carbons (Fsp3) is 0.136. The second-order valence-electron chi connectivity index (χ2n) is 5.84. The summed E-state index contributed by atoms with van der Waals surface area (Å²) in [6.45, 7) is 1.69. The zero-order valence-electron chi connectivity index (χ0n) is 15.2. The zero-order valence-corrected chi connectivity index (χ0v) is 15.2. The molecule has 0 fully saturated rings. The molecule has 3 aromatic carbocycles. The number of para-hydroxylation sites is 3. The van der Waals surface area contributed by atoms with Gasteiger partial charge in [-0.1, -0.05) is 30.3 Å². The molecule has 1 unspecified atom stereocenters. The van der Waals surface area contributed by atoms with E-state index in [2.05, 4.69) is 5.32 Å². The van der Waals surface area contributed by atoms with Crippen molar-refractivity contribution in [2.45, 2.75) is 13.0 Å². The van der Waals surface area contributed by atoms with Gasteiger partial charge in [0.05, 0.1) is 12.8 Å². The summed E-state index contributed by atoms with van der Waals surface area (Å²) in [7, 11) is 1.56. The van der Waals surface area contributed by atoms with Crippen molar-refractivity contribution >= 4 is 11.6 Å². The van der Waals surface area contributed by atoms with Gasteiger partial charge in [-0.25, -0.2) is 0 Å². The van der Waals surface area contributed by atoms with Gasteiger partial charge in [-0.3, -0.25) is 4.79 Å². The van der Waals surface area contributed by atoms with Gasteiger partial charge in [-0.15, -0.1) is 0 Å². The number of methoxy groups -OCH3 is 1. The number of rotatable bonds is 7. The van der Waals surface area contributed by atoms with E-state index >= 15 is 0 Å². The highest BCUT2D eigenvalue weighted by atomic mass is 16.5. The molecule has 0 heterocycles. The Morgan fingerprint density at radius 1 is 0.815 bits per heavy atom. The summed E-state index contributed by atoms with van der Waals surface area (Å²) in [5.74, 6) is 2.37. The predicted octanol–water partition coefficient (Wildman–Crippen LogP) is 4.89. The predicted molar refractivity (Wildman–Crippen MR) is 105 cm³/mol. The maximum atomic E-state index is 12.4. The maximum Gasteiger partial charge on any atom is 0.265 e. The molecule has 0 aliphatic rings. The number of carbonyl (C=O) groups excluding carboxylic acids is 1. The van der Waals surface area contributed by atoms with Gasteiger partial charge in [-0.2, -0.15) is 0 Å². The minimum Gasteiger partial charge on any atom is -0.495 e. The van der Waals surface area contributed by atoms with Crippen LogP contribution in [0.3, 0.4) is 0 Å². The van der Waals surface area contributed by atoms with Gasteiger partial charge in [0.2, 0.25) is 0 Å². The molecule has 0 spiro atoms. The van der Waals surface area contributed by atoms with Gasteiger partial charge in [-0.05, 0) is 55.5 Å². The van der Waals surface area contributed by atoms with Gasteiger partial charge in [0.15, 0.2) is 6.10 Å². The number of nitrogens with one attached hydrogen (secondary N) is 1. The second kappa shape index (κ2) is 8.76. The van der Waals surface area contributed by atoms with Crippen LogP contribution in [0.25, 0.3) is 0 Å². The highest BCUT2D eigenvalue weighted by molar-refractivity contribution is 5.95. The summed E-state index contributed by atoms with van der Waals surface area (Å²) in [5, 5.41) is 2.81. The van der Waals surface area contributed by atoms with Crippen LogP contribution in [-0.2, 0) is 4.79 Å². The van der Waals surface area contributed by atoms with Gasteiger partial charge in [0.25, 0.3) is 5.91 Å². The Labute approximate surface area is 158 Å². The van der Waals surface area contributed by atoms with E-state index in [4.69, 9.17) is 14.2 Å². The molecule has 5 heteroatoms. The van der Waals surface area contributed by atoms with Crippen LogP contribution < -0.4 is 19.5 Å². The number of amides is 1. The van der Waals surface area contributed by atoms with Gasteiger partial charge < -0.3 is 19.5 Å². The first kappa shape index (κ1) is 18.3. The Bertz CT molecular complexity index is 878. The third kappa shape index (κ3) is 5.01. The topological polar surface area (TPSA) is 56.8 Å². The first-order valence-corrected chi connectivity index (χ1v) is 8.59. The van der Waals surface area contributed by atoms with Crippen molar-refractivity contribution in [3.05, 3.63) is 78.9 Å². The average Bonchev–Trinajstić information content (AvgIpc) is 2.70. The molecule has 3 rings (SSSR count). The number of hydrogen-bond donors (Lipinski definition) is 1. The minimum atomic E-state index is -0.671. The number of anilines is 1. The van der Waals surface area contributed by atoms with Crippen LogP contribution in [0.2, 0.25) is 0 Å². The first-order chi connectivity index (χ1) is 13.2. The molecule has 3 aromatic rings. The number of hydrogen-bond acceptors (Lipinski definition) is 4. The lowest BCUT2D eigenvalue weighted by molar-refractivity contribution is -0.122. The van der Waals surface area contributed by atoms with Crippen molar-refractivity contribution in [1.29, 1.82) is 0 Å². The van der Waals surface area contributed by atoms with E-state index in [1.807, 2.05) is 42.5 Å². The van der Waals surface area contributed by atoms with Crippen LogP contribution in [0, 0.1) is 0 Å². The standard InChI is InChI=1S/C22H21NO4/c1-16(22(24)23-20-10-6-7-11-21(20)25-2)26-18-12-14-19(15-13-18)27-17-8-4-3-5-9-17/h3-16H,1-2H3,(H,23,24). The van der Waals surface area contributed by atoms with Gasteiger partial charge in [0, 0.05) is 0 Å². The van der Waals surface area contributed by atoms with Crippen LogP contribution >= 0.6 is 0 Å². The fourth-order valence-electron chi connectivity index (χ4n) is 2.45. The van der Waals surface area contributed by atoms with Crippen molar-refractivity contribution < 1.29 is 19.0 Å². The van der Waals surface area contributed by atoms with E-state index in [0.717, 1.165) is 5.75 Å². The van der Waals surface area contributed by atoms with Crippen molar-refractivity contribution in [2.24, 2.45) is 0 Å². The van der Waals surface area contributed by atoms with Crippen molar-refractivity contribution in [3.8, 4) is 23.0 Å². The molecule has 1 N–H and O–H groups in total. The Balaban J connectivity index is 1.58. The third-order valence-electron chi connectivity index (χ3n) is 3.85. The molecule has 0 radical (unpaired) electrons. The molecular formula is C22H21NO4. The van der Waals surface area contributed by atoms with Crippen molar-refractivity contribution in [3.63, 3.8) is 0 Å². The molecule has 0 aliphatic carbocycles. The largest absolute Gasteiger partial charge is 0.495 e. The molecular weight excluding hydrogens is 342 g/mol. The van der Waals surface area contributed by atoms with Crippen LogP contribution in [0.5, 0.6) is 23.0 Å². The van der Waals surface area contributed by atoms with E-state index in [0.29, 0.717) is 22.9 Å². The lowest BCUT2D eigenvalue weighted by atomic mass is 10.2. The first-order valence-electron chi connectivity index (χ1n) is 8.59. The number of benzene rings is 3. The number of ether oxygens (including phenoxy) is 3. The Morgan fingerprint density at radius 3 is 2.11 bits per heavy atom. The summed E-state index contributed by atoms with van der Waals surface area (Å²) in [4.78, 5) is 12.4. The van der Waals surface area contributed by atoms with E-state index in [-0.39, 0.29) is 5.91 Å². The van der Waals surface area contributed by atoms with Gasteiger partial charge >= 0.3 is 0 Å². The molecule has 1 amide bonds. The van der Waals surface area contributed by atoms with Crippen molar-refractivity contribution in [2.75, 3.05) is 12.4 Å². The van der Waals surface area contributed by atoms with Crippen LogP contribution in [0.15, 0.2) is 78.9 Å². The molecule has 0 bridgehead atoms.